The van der Waals surface area contributed by atoms with E-state index in [0.29, 0.717) is 29.5 Å². The van der Waals surface area contributed by atoms with Crippen molar-refractivity contribution in [2.24, 2.45) is 5.73 Å². The fraction of sp³-hybridized carbons (Fsp3) is 0.320. The highest BCUT2D eigenvalue weighted by atomic mass is 16.4. The minimum absolute atomic E-state index is 0.0387. The number of nitrogens with two attached hydrogens (primary N) is 1. The lowest BCUT2D eigenvalue weighted by atomic mass is 9.97. The molecule has 3 atom stereocenters. The Bertz CT molecular complexity index is 1030. The summed E-state index contributed by atoms with van der Waals surface area (Å²) in [5.41, 5.74) is 7.43. The first kappa shape index (κ1) is 27.2. The third-order valence-electron chi connectivity index (χ3n) is 5.43. The number of nitrogens with one attached hydrogen (secondary N) is 3. The lowest BCUT2D eigenvalue weighted by Crippen LogP contribution is -2.52. The van der Waals surface area contributed by atoms with Gasteiger partial charge in [0.1, 0.15) is 18.2 Å². The summed E-state index contributed by atoms with van der Waals surface area (Å²) in [7, 11) is 0. The summed E-state index contributed by atoms with van der Waals surface area (Å²) in [6, 6.07) is 12.5. The number of aldehydes is 1. The van der Waals surface area contributed by atoms with Crippen LogP contribution in [0.15, 0.2) is 54.6 Å². The van der Waals surface area contributed by atoms with Crippen LogP contribution in [0.2, 0.25) is 0 Å². The van der Waals surface area contributed by atoms with Gasteiger partial charge < -0.3 is 26.1 Å². The molecule has 0 fully saturated rings. The number of hydrogen-bond donors (Lipinski definition) is 6. The molecule has 2 aromatic rings. The first-order valence-electron chi connectivity index (χ1n) is 11.1. The molecule has 0 bridgehead atoms. The number of carbonyl (C=O) groups excluding carboxylic acids is 2. The molecule has 0 heterocycles. The summed E-state index contributed by atoms with van der Waals surface area (Å²) in [5, 5.41) is 32.0. The summed E-state index contributed by atoms with van der Waals surface area (Å²) < 4.78 is 0. The molecule has 2 aromatic carbocycles. The molecule has 0 aromatic heterocycles. The van der Waals surface area contributed by atoms with E-state index in [-0.39, 0.29) is 18.7 Å². The van der Waals surface area contributed by atoms with Crippen molar-refractivity contribution >= 4 is 30.0 Å². The van der Waals surface area contributed by atoms with E-state index in [2.05, 4.69) is 10.6 Å². The van der Waals surface area contributed by atoms with Crippen molar-refractivity contribution in [3.63, 3.8) is 0 Å². The molecule has 35 heavy (non-hydrogen) atoms. The van der Waals surface area contributed by atoms with E-state index in [0.717, 1.165) is 6.29 Å². The van der Waals surface area contributed by atoms with Crippen LogP contribution in [0.25, 0.3) is 0 Å². The van der Waals surface area contributed by atoms with Crippen molar-refractivity contribution in [2.45, 2.75) is 50.2 Å². The molecule has 186 valence electrons. The van der Waals surface area contributed by atoms with Crippen LogP contribution in [0.1, 0.15) is 48.4 Å². The molecular weight excluding hydrogens is 452 g/mol. The number of rotatable bonds is 15. The van der Waals surface area contributed by atoms with Crippen molar-refractivity contribution < 1.29 is 29.4 Å². The first-order valence-corrected chi connectivity index (χ1v) is 11.1. The van der Waals surface area contributed by atoms with Crippen molar-refractivity contribution in [3.05, 3.63) is 71.3 Å². The molecule has 10 nitrogen and oxygen atoms in total. The van der Waals surface area contributed by atoms with Crippen LogP contribution in [0, 0.1) is 5.41 Å². The SMILES string of the molecule is N=C(N)c1ccc(C(CCCC=O)N[C@@H](CC(=O)O)C(=O)N[C@@H](Cc2ccccc2)C(=O)O)cc1. The maximum atomic E-state index is 13.0. The standard InChI is InChI=1S/C25H30N4O6/c26-23(27)18-11-9-17(10-12-18)19(8-4-5-13-30)28-20(15-22(31)32)24(33)29-21(25(34)35)14-16-6-2-1-3-7-16/h1-3,6-7,9-13,19-21,28H,4-5,8,14-15H2,(H3,26,27)(H,29,33)(H,31,32)(H,34,35)/t19?,20-,21-/m0/s1. The number of amidine groups is 1. The van der Waals surface area contributed by atoms with Crippen LogP contribution in [-0.2, 0) is 25.6 Å². The third-order valence-corrected chi connectivity index (χ3v) is 5.43. The van der Waals surface area contributed by atoms with E-state index in [9.17, 15) is 29.4 Å². The smallest absolute Gasteiger partial charge is 0.326 e. The number of unbranched alkanes of at least 4 members (excludes halogenated alkanes) is 1. The Morgan fingerprint density at radius 3 is 2.20 bits per heavy atom. The van der Waals surface area contributed by atoms with E-state index in [1.165, 1.54) is 0 Å². The molecule has 2 rings (SSSR count). The second-order valence-electron chi connectivity index (χ2n) is 8.09. The Hall–Kier alpha value is -4.05. The predicted molar refractivity (Wildman–Crippen MR) is 129 cm³/mol. The van der Waals surface area contributed by atoms with Crippen LogP contribution in [0.4, 0.5) is 0 Å². The van der Waals surface area contributed by atoms with Gasteiger partial charge in [0.15, 0.2) is 0 Å². The number of aliphatic carboxylic acids is 2. The number of benzene rings is 2. The largest absolute Gasteiger partial charge is 0.481 e. The van der Waals surface area contributed by atoms with Crippen LogP contribution >= 0.6 is 0 Å². The van der Waals surface area contributed by atoms with Gasteiger partial charge in [-0.15, -0.1) is 0 Å². The van der Waals surface area contributed by atoms with Gasteiger partial charge in [-0.3, -0.25) is 20.3 Å². The highest BCUT2D eigenvalue weighted by Crippen LogP contribution is 2.21. The second-order valence-corrected chi connectivity index (χ2v) is 8.09. The van der Waals surface area contributed by atoms with Crippen LogP contribution < -0.4 is 16.4 Å². The Balaban J connectivity index is 2.23. The van der Waals surface area contributed by atoms with Crippen molar-refractivity contribution in [3.8, 4) is 0 Å². The Morgan fingerprint density at radius 2 is 1.66 bits per heavy atom. The average molecular weight is 483 g/mol. The summed E-state index contributed by atoms with van der Waals surface area (Å²) in [6.07, 6.45) is 1.45. The third kappa shape index (κ3) is 9.01. The highest BCUT2D eigenvalue weighted by Gasteiger charge is 2.29. The van der Waals surface area contributed by atoms with Gasteiger partial charge in [-0.2, -0.15) is 0 Å². The molecule has 0 aliphatic rings. The monoisotopic (exact) mass is 482 g/mol. The second kappa shape index (κ2) is 13.6. The van der Waals surface area contributed by atoms with E-state index >= 15 is 0 Å². The molecule has 0 spiro atoms. The fourth-order valence-electron chi connectivity index (χ4n) is 3.61. The van der Waals surface area contributed by atoms with Gasteiger partial charge in [0.25, 0.3) is 0 Å². The van der Waals surface area contributed by atoms with Crippen molar-refractivity contribution in [1.29, 1.82) is 5.41 Å². The zero-order chi connectivity index (χ0) is 25.8. The summed E-state index contributed by atoms with van der Waals surface area (Å²) in [4.78, 5) is 47.1. The number of carboxylic acid groups (broad SMARTS) is 2. The molecular formula is C25H30N4O6. The molecule has 0 saturated carbocycles. The molecule has 0 aliphatic heterocycles. The minimum Gasteiger partial charge on any atom is -0.481 e. The van der Waals surface area contributed by atoms with E-state index < -0.39 is 42.4 Å². The number of carboxylic acids is 2. The number of amides is 1. The zero-order valence-corrected chi connectivity index (χ0v) is 19.1. The molecule has 10 heteroatoms. The maximum Gasteiger partial charge on any atom is 0.326 e. The van der Waals surface area contributed by atoms with Gasteiger partial charge in [0.05, 0.1) is 12.5 Å². The van der Waals surface area contributed by atoms with E-state index in [4.69, 9.17) is 11.1 Å². The average Bonchev–Trinajstić information content (AvgIpc) is 2.82. The van der Waals surface area contributed by atoms with E-state index in [1.54, 1.807) is 54.6 Å². The van der Waals surface area contributed by atoms with Gasteiger partial charge in [-0.1, -0.05) is 54.6 Å². The molecule has 1 unspecified atom stereocenters. The molecule has 0 radical (unpaired) electrons. The Kier molecular flexibility index (Phi) is 10.6. The van der Waals surface area contributed by atoms with Gasteiger partial charge in [0.2, 0.25) is 5.91 Å². The molecule has 1 amide bonds. The van der Waals surface area contributed by atoms with Crippen molar-refractivity contribution in [2.75, 3.05) is 0 Å². The van der Waals surface area contributed by atoms with E-state index in [1.807, 2.05) is 0 Å². The lowest BCUT2D eigenvalue weighted by Gasteiger charge is -2.26. The zero-order valence-electron chi connectivity index (χ0n) is 19.1. The van der Waals surface area contributed by atoms with Gasteiger partial charge in [0, 0.05) is 24.4 Å². The molecule has 7 N–H and O–H groups in total. The fourth-order valence-corrected chi connectivity index (χ4v) is 3.61. The quantitative estimate of drug-likeness (QED) is 0.0957. The van der Waals surface area contributed by atoms with Crippen LogP contribution in [-0.4, -0.2) is 52.3 Å². The number of hydrogen-bond acceptors (Lipinski definition) is 6. The van der Waals surface area contributed by atoms with Crippen LogP contribution in [0.3, 0.4) is 0 Å². The predicted octanol–water partition coefficient (Wildman–Crippen LogP) is 1.63. The molecule has 0 saturated heterocycles. The maximum absolute atomic E-state index is 13.0. The van der Waals surface area contributed by atoms with Crippen molar-refractivity contribution in [1.82, 2.24) is 10.6 Å². The number of nitrogen functional groups attached to an aromatic ring is 1. The summed E-state index contributed by atoms with van der Waals surface area (Å²) in [5.74, 6) is -3.33. The summed E-state index contributed by atoms with van der Waals surface area (Å²) in [6.45, 7) is 0. The number of carbonyl (C=O) groups is 4. The normalized spacial score (nSPS) is 13.3. The highest BCUT2D eigenvalue weighted by molar-refractivity contribution is 5.95. The van der Waals surface area contributed by atoms with Gasteiger partial charge in [-0.25, -0.2) is 4.79 Å². The minimum atomic E-state index is -1.24. The Morgan fingerprint density at radius 1 is 1.00 bits per heavy atom. The van der Waals surface area contributed by atoms with Gasteiger partial charge >= 0.3 is 11.9 Å². The summed E-state index contributed by atoms with van der Waals surface area (Å²) >= 11 is 0. The Labute approximate surface area is 203 Å². The topological polar surface area (TPSA) is 183 Å². The molecule has 0 aliphatic carbocycles. The lowest BCUT2D eigenvalue weighted by molar-refractivity contribution is -0.143. The van der Waals surface area contributed by atoms with Crippen LogP contribution in [0.5, 0.6) is 0 Å². The first-order chi connectivity index (χ1) is 16.7. The van der Waals surface area contributed by atoms with Gasteiger partial charge in [-0.05, 0) is 24.0 Å².